The molecule has 0 saturated carbocycles. The molecule has 0 aliphatic carbocycles. The molecule has 2 aromatic rings. The number of nitrogens with one attached hydrogen (secondary N) is 1. The number of nitriles is 1. The first-order valence-electron chi connectivity index (χ1n) is 13.3. The minimum Gasteiger partial charge on any atom is -0.383 e. The third-order valence-electron chi connectivity index (χ3n) is 8.83. The Morgan fingerprint density at radius 1 is 1.13 bits per heavy atom. The molecule has 0 spiro atoms. The number of pyridine rings is 1. The van der Waals surface area contributed by atoms with E-state index in [9.17, 15) is 19.5 Å². The number of benzene rings is 1. The van der Waals surface area contributed by atoms with Crippen LogP contribution in [0.25, 0.3) is 0 Å². The lowest BCUT2D eigenvalue weighted by molar-refractivity contribution is -0.151. The molecule has 9 heteroatoms. The summed E-state index contributed by atoms with van der Waals surface area (Å²) < 4.78 is 0. The summed E-state index contributed by atoms with van der Waals surface area (Å²) in [6.45, 7) is 6.48. The van der Waals surface area contributed by atoms with E-state index >= 15 is 0 Å². The highest BCUT2D eigenvalue weighted by molar-refractivity contribution is 6.05. The predicted molar refractivity (Wildman–Crippen MR) is 138 cm³/mol. The summed E-state index contributed by atoms with van der Waals surface area (Å²) in [5.41, 5.74) is 1.72. The molecule has 198 valence electrons. The minimum atomic E-state index is -1.17. The average Bonchev–Trinajstić information content (AvgIpc) is 3.25. The molecule has 4 heterocycles. The Hall–Kier alpha value is -3.61. The molecule has 9 nitrogen and oxygen atoms in total. The highest BCUT2D eigenvalue weighted by Gasteiger charge is 2.54. The van der Waals surface area contributed by atoms with Crippen LogP contribution in [0.2, 0.25) is 0 Å². The van der Waals surface area contributed by atoms with Crippen LogP contribution in [0.15, 0.2) is 36.4 Å². The summed E-state index contributed by atoms with van der Waals surface area (Å²) in [6, 6.07) is 12.6. The molecule has 3 aliphatic rings. The lowest BCUT2D eigenvalue weighted by Crippen LogP contribution is -2.57. The van der Waals surface area contributed by atoms with E-state index in [0.29, 0.717) is 48.4 Å². The van der Waals surface area contributed by atoms with E-state index in [-0.39, 0.29) is 24.8 Å². The number of imide groups is 1. The van der Waals surface area contributed by atoms with Crippen LogP contribution in [0, 0.1) is 16.7 Å². The number of nitrogens with zero attached hydrogens (tertiary/aromatic N) is 4. The smallest absolute Gasteiger partial charge is 0.256 e. The Labute approximate surface area is 222 Å². The Bertz CT molecular complexity index is 1310. The summed E-state index contributed by atoms with van der Waals surface area (Å²) in [7, 11) is 0. The maximum Gasteiger partial charge on any atom is 0.256 e. The zero-order valence-electron chi connectivity index (χ0n) is 21.9. The molecular formula is C29H33N5O4. The molecule has 0 bridgehead atoms. The first-order chi connectivity index (χ1) is 18.2. The van der Waals surface area contributed by atoms with Crippen molar-refractivity contribution in [3.63, 3.8) is 0 Å². The maximum absolute atomic E-state index is 13.1. The van der Waals surface area contributed by atoms with E-state index in [0.717, 1.165) is 24.9 Å². The highest BCUT2D eigenvalue weighted by Crippen LogP contribution is 2.50. The minimum absolute atomic E-state index is 0.181. The van der Waals surface area contributed by atoms with Crippen LogP contribution < -0.4 is 5.32 Å². The van der Waals surface area contributed by atoms with Crippen LogP contribution in [-0.4, -0.2) is 56.7 Å². The highest BCUT2D eigenvalue weighted by atomic mass is 16.3. The number of hydrogen-bond donors (Lipinski definition) is 2. The number of rotatable bonds is 6. The summed E-state index contributed by atoms with van der Waals surface area (Å²) in [4.78, 5) is 45.8. The molecule has 1 aromatic heterocycles. The molecule has 2 fully saturated rings. The third-order valence-corrected chi connectivity index (χ3v) is 8.83. The molecule has 0 radical (unpaired) electrons. The summed E-state index contributed by atoms with van der Waals surface area (Å²) >= 11 is 0. The van der Waals surface area contributed by atoms with Gasteiger partial charge >= 0.3 is 0 Å². The number of likely N-dealkylation sites (tertiary alicyclic amines) is 1. The molecule has 2 N–H and O–H groups in total. The van der Waals surface area contributed by atoms with Crippen molar-refractivity contribution in [3.05, 3.63) is 64.5 Å². The average molecular weight is 516 g/mol. The molecule has 2 unspecified atom stereocenters. The molecule has 5 rings (SSSR count). The van der Waals surface area contributed by atoms with Gasteiger partial charge in [-0.15, -0.1) is 0 Å². The van der Waals surface area contributed by atoms with Crippen LogP contribution >= 0.6 is 0 Å². The number of amides is 3. The van der Waals surface area contributed by atoms with Gasteiger partial charge in [-0.05, 0) is 55.5 Å². The van der Waals surface area contributed by atoms with Gasteiger partial charge in [0, 0.05) is 31.5 Å². The Balaban J connectivity index is 1.38. The second-order valence-electron chi connectivity index (χ2n) is 10.7. The van der Waals surface area contributed by atoms with Gasteiger partial charge in [-0.1, -0.05) is 26.0 Å². The molecule has 2 atom stereocenters. The van der Waals surface area contributed by atoms with Gasteiger partial charge in [-0.2, -0.15) is 5.26 Å². The normalized spacial score (nSPS) is 25.2. The number of carbonyl (C=O) groups excluding carboxylic acids is 3. The van der Waals surface area contributed by atoms with Crippen molar-refractivity contribution in [3.8, 4) is 6.07 Å². The standard InChI is InChI=1S/C29H33N5O4/c1-3-28(4-2)18-33(16-20-7-5-19(15-30)6-8-20)14-13-29(28,38)24-11-9-21-22(31-24)17-34(27(21)37)23-10-12-25(35)32-26(23)36/h5-9,11,23,38H,3-4,10,12-14,16-18H2,1-2H3,(H,32,35,36). The zero-order chi connectivity index (χ0) is 27.1. The van der Waals surface area contributed by atoms with Gasteiger partial charge < -0.3 is 10.0 Å². The fourth-order valence-electron chi connectivity index (χ4n) is 6.43. The Kier molecular flexibility index (Phi) is 6.80. The van der Waals surface area contributed by atoms with Crippen molar-refractivity contribution in [2.24, 2.45) is 5.41 Å². The molecule has 3 aliphatic heterocycles. The van der Waals surface area contributed by atoms with Gasteiger partial charge in [0.1, 0.15) is 11.6 Å². The van der Waals surface area contributed by atoms with Crippen molar-refractivity contribution < 1.29 is 19.5 Å². The maximum atomic E-state index is 13.1. The van der Waals surface area contributed by atoms with E-state index in [1.165, 1.54) is 4.90 Å². The van der Waals surface area contributed by atoms with Crippen molar-refractivity contribution in [1.29, 1.82) is 5.26 Å². The van der Waals surface area contributed by atoms with Gasteiger partial charge in [0.2, 0.25) is 11.8 Å². The van der Waals surface area contributed by atoms with Crippen molar-refractivity contribution in [1.82, 2.24) is 20.1 Å². The number of hydrogen-bond acceptors (Lipinski definition) is 7. The van der Waals surface area contributed by atoms with E-state index in [2.05, 4.69) is 30.1 Å². The van der Waals surface area contributed by atoms with E-state index < -0.39 is 23.0 Å². The zero-order valence-corrected chi connectivity index (χ0v) is 21.9. The molecule has 1 aromatic carbocycles. The fourth-order valence-corrected chi connectivity index (χ4v) is 6.43. The van der Waals surface area contributed by atoms with Crippen LogP contribution in [0.3, 0.4) is 0 Å². The Morgan fingerprint density at radius 3 is 2.53 bits per heavy atom. The van der Waals surface area contributed by atoms with Crippen LogP contribution in [0.5, 0.6) is 0 Å². The van der Waals surface area contributed by atoms with Gasteiger partial charge in [0.25, 0.3) is 5.91 Å². The summed E-state index contributed by atoms with van der Waals surface area (Å²) in [6.07, 6.45) is 2.50. The SMILES string of the molecule is CCC1(CC)CN(Cc2ccc(C#N)cc2)CCC1(O)c1ccc2c(n1)CN(C1CCC(=O)NC1=O)C2=O. The molecule has 2 saturated heterocycles. The van der Waals surface area contributed by atoms with Gasteiger partial charge in [0.05, 0.1) is 35.1 Å². The second-order valence-corrected chi connectivity index (χ2v) is 10.7. The van der Waals surface area contributed by atoms with Crippen molar-refractivity contribution in [2.45, 2.75) is 70.7 Å². The topological polar surface area (TPSA) is 127 Å². The van der Waals surface area contributed by atoms with E-state index in [1.807, 2.05) is 24.3 Å². The van der Waals surface area contributed by atoms with Crippen LogP contribution in [0.4, 0.5) is 0 Å². The molecule has 3 amide bonds. The van der Waals surface area contributed by atoms with Gasteiger partial charge in [-0.3, -0.25) is 29.6 Å². The van der Waals surface area contributed by atoms with Crippen LogP contribution in [0.1, 0.15) is 78.8 Å². The van der Waals surface area contributed by atoms with Gasteiger partial charge in [-0.25, -0.2) is 0 Å². The largest absolute Gasteiger partial charge is 0.383 e. The summed E-state index contributed by atoms with van der Waals surface area (Å²) in [5, 5.41) is 23.7. The number of aromatic nitrogens is 1. The number of fused-ring (bicyclic) bond motifs is 1. The van der Waals surface area contributed by atoms with Crippen molar-refractivity contribution >= 4 is 17.7 Å². The third kappa shape index (κ3) is 4.28. The first kappa shape index (κ1) is 26.0. The molecule has 38 heavy (non-hydrogen) atoms. The van der Waals surface area contributed by atoms with Crippen LogP contribution in [-0.2, 0) is 28.3 Å². The lowest BCUT2D eigenvalue weighted by Gasteiger charge is -2.53. The quantitative estimate of drug-likeness (QED) is 0.566. The Morgan fingerprint density at radius 2 is 1.87 bits per heavy atom. The first-order valence-corrected chi connectivity index (χ1v) is 13.3. The summed E-state index contributed by atoms with van der Waals surface area (Å²) in [5.74, 6) is -1.04. The number of piperidine rings is 2. The fraction of sp³-hybridized carbons (Fsp3) is 0.483. The second kappa shape index (κ2) is 9.93. The van der Waals surface area contributed by atoms with E-state index in [1.54, 1.807) is 12.1 Å². The molecular weight excluding hydrogens is 482 g/mol. The number of aliphatic hydroxyl groups is 1. The van der Waals surface area contributed by atoms with Gasteiger partial charge in [0.15, 0.2) is 0 Å². The van der Waals surface area contributed by atoms with Crippen molar-refractivity contribution in [2.75, 3.05) is 13.1 Å². The monoisotopic (exact) mass is 515 g/mol. The van der Waals surface area contributed by atoms with E-state index in [4.69, 9.17) is 10.2 Å². The number of carbonyl (C=O) groups is 3. The lowest BCUT2D eigenvalue weighted by atomic mass is 9.62. The predicted octanol–water partition coefficient (Wildman–Crippen LogP) is 2.61.